The number of hydrogen-bond donors (Lipinski definition) is 1. The van der Waals surface area contributed by atoms with Gasteiger partial charge in [-0.2, -0.15) is 0 Å². The van der Waals surface area contributed by atoms with Crippen molar-refractivity contribution < 1.29 is 9.90 Å². The molecule has 0 radical (unpaired) electrons. The molecular weight excluding hydrogens is 176 g/mol. The summed E-state index contributed by atoms with van der Waals surface area (Å²) in [5.74, 6) is 0.451. The Morgan fingerprint density at radius 1 is 1.43 bits per heavy atom. The molecule has 3 atom stereocenters. The van der Waals surface area contributed by atoms with Gasteiger partial charge >= 0.3 is 5.97 Å². The van der Waals surface area contributed by atoms with Gasteiger partial charge in [0, 0.05) is 6.42 Å². The van der Waals surface area contributed by atoms with Gasteiger partial charge in [0.2, 0.25) is 0 Å². The highest BCUT2D eigenvalue weighted by atomic mass is 16.4. The number of fused-ring (bicyclic) bond motifs is 2. The second-order valence-electron chi connectivity index (χ2n) is 5.99. The van der Waals surface area contributed by atoms with Crippen LogP contribution in [0.2, 0.25) is 0 Å². The van der Waals surface area contributed by atoms with E-state index < -0.39 is 5.97 Å². The highest BCUT2D eigenvalue weighted by molar-refractivity contribution is 5.67. The van der Waals surface area contributed by atoms with Crippen molar-refractivity contribution in [2.45, 2.75) is 46.5 Å². The van der Waals surface area contributed by atoms with Crippen molar-refractivity contribution in [1.82, 2.24) is 0 Å². The molecule has 2 nitrogen and oxygen atoms in total. The first kappa shape index (κ1) is 10.0. The van der Waals surface area contributed by atoms with E-state index in [1.54, 1.807) is 0 Å². The number of carbonyl (C=O) groups is 1. The van der Waals surface area contributed by atoms with E-state index in [2.05, 4.69) is 20.8 Å². The molecule has 14 heavy (non-hydrogen) atoms. The molecule has 1 N–H and O–H groups in total. The fraction of sp³-hybridized carbons (Fsp3) is 0.917. The lowest BCUT2D eigenvalue weighted by molar-refractivity contribution is -0.138. The second kappa shape index (κ2) is 2.74. The highest BCUT2D eigenvalue weighted by Crippen LogP contribution is 2.68. The molecule has 0 aromatic rings. The Morgan fingerprint density at radius 2 is 2.07 bits per heavy atom. The summed E-state index contributed by atoms with van der Waals surface area (Å²) >= 11 is 0. The van der Waals surface area contributed by atoms with Gasteiger partial charge < -0.3 is 5.11 Å². The third-order valence-corrected chi connectivity index (χ3v) is 5.21. The summed E-state index contributed by atoms with van der Waals surface area (Å²) in [6, 6.07) is 0. The maximum absolute atomic E-state index is 10.7. The van der Waals surface area contributed by atoms with Crippen LogP contribution in [0.4, 0.5) is 0 Å². The first-order valence-electron chi connectivity index (χ1n) is 5.59. The van der Waals surface area contributed by atoms with E-state index in [1.165, 1.54) is 12.8 Å². The topological polar surface area (TPSA) is 37.3 Å². The molecule has 2 aliphatic carbocycles. The maximum atomic E-state index is 10.7. The van der Waals surface area contributed by atoms with Gasteiger partial charge in [-0.1, -0.05) is 20.8 Å². The molecule has 0 aromatic heterocycles. The molecule has 2 heteroatoms. The van der Waals surface area contributed by atoms with Crippen molar-refractivity contribution in [1.29, 1.82) is 0 Å². The molecule has 2 saturated carbocycles. The van der Waals surface area contributed by atoms with Crippen LogP contribution in [0.25, 0.3) is 0 Å². The summed E-state index contributed by atoms with van der Waals surface area (Å²) in [6.07, 6.45) is 4.03. The largest absolute Gasteiger partial charge is 0.481 e. The van der Waals surface area contributed by atoms with Crippen molar-refractivity contribution in [3.63, 3.8) is 0 Å². The number of hydrogen-bond acceptors (Lipinski definition) is 1. The molecule has 0 unspecified atom stereocenters. The Labute approximate surface area is 85.7 Å². The molecule has 0 aliphatic heterocycles. The fourth-order valence-electron chi connectivity index (χ4n) is 3.95. The zero-order chi connectivity index (χ0) is 10.6. The van der Waals surface area contributed by atoms with E-state index in [9.17, 15) is 4.79 Å². The standard InChI is InChI=1S/C12H20O2/c1-11(2)9-4-5-12(11,3)7-8(9)6-10(13)14/h8-9H,4-7H2,1-3H3,(H,13,14)/t8-,9-,12-/m1/s1. The van der Waals surface area contributed by atoms with E-state index in [0.717, 1.165) is 6.42 Å². The SMILES string of the molecule is CC1(C)[C@@H]2CC[C@]1(C)C[C@H]2CC(=O)O. The van der Waals surface area contributed by atoms with Crippen molar-refractivity contribution >= 4 is 5.97 Å². The van der Waals surface area contributed by atoms with Gasteiger partial charge in [0.25, 0.3) is 0 Å². The first-order valence-corrected chi connectivity index (χ1v) is 5.59. The summed E-state index contributed by atoms with van der Waals surface area (Å²) < 4.78 is 0. The third-order valence-electron chi connectivity index (χ3n) is 5.21. The van der Waals surface area contributed by atoms with Gasteiger partial charge in [0.05, 0.1) is 0 Å². The predicted molar refractivity (Wildman–Crippen MR) is 55.0 cm³/mol. The Hall–Kier alpha value is -0.530. The molecule has 0 aromatic carbocycles. The maximum Gasteiger partial charge on any atom is 0.303 e. The lowest BCUT2D eigenvalue weighted by Gasteiger charge is -2.34. The number of carboxylic acids is 1. The lowest BCUT2D eigenvalue weighted by Crippen LogP contribution is -2.26. The van der Waals surface area contributed by atoms with Crippen LogP contribution in [0.15, 0.2) is 0 Å². The monoisotopic (exact) mass is 196 g/mol. The van der Waals surface area contributed by atoms with Crippen molar-refractivity contribution in [3.05, 3.63) is 0 Å². The molecule has 2 bridgehead atoms. The Balaban J connectivity index is 2.19. The van der Waals surface area contributed by atoms with Crippen LogP contribution >= 0.6 is 0 Å². The summed E-state index contributed by atoms with van der Waals surface area (Å²) in [5, 5.41) is 8.86. The normalized spacial score (nSPS) is 44.2. The second-order valence-corrected chi connectivity index (χ2v) is 5.99. The van der Waals surface area contributed by atoms with Gasteiger partial charge in [-0.3, -0.25) is 4.79 Å². The smallest absolute Gasteiger partial charge is 0.303 e. The molecule has 2 aliphatic rings. The van der Waals surface area contributed by atoms with E-state index in [-0.39, 0.29) is 0 Å². The summed E-state index contributed by atoms with van der Waals surface area (Å²) in [6.45, 7) is 6.99. The van der Waals surface area contributed by atoms with Crippen molar-refractivity contribution in [3.8, 4) is 0 Å². The van der Waals surface area contributed by atoms with Crippen LogP contribution in [0.3, 0.4) is 0 Å². The fourth-order valence-corrected chi connectivity index (χ4v) is 3.95. The van der Waals surface area contributed by atoms with Crippen LogP contribution in [0, 0.1) is 22.7 Å². The summed E-state index contributed by atoms with van der Waals surface area (Å²) in [7, 11) is 0. The van der Waals surface area contributed by atoms with Gasteiger partial charge in [-0.05, 0) is 41.9 Å². The molecule has 80 valence electrons. The van der Waals surface area contributed by atoms with E-state index in [0.29, 0.717) is 29.1 Å². The van der Waals surface area contributed by atoms with Gasteiger partial charge in [-0.25, -0.2) is 0 Å². The lowest BCUT2D eigenvalue weighted by atomic mass is 9.71. The third kappa shape index (κ3) is 1.12. The Kier molecular flexibility index (Phi) is 1.96. The molecule has 0 amide bonds. The van der Waals surface area contributed by atoms with Crippen LogP contribution in [0.5, 0.6) is 0 Å². The van der Waals surface area contributed by atoms with Crippen LogP contribution in [0.1, 0.15) is 46.5 Å². The van der Waals surface area contributed by atoms with E-state index in [1.807, 2.05) is 0 Å². The zero-order valence-corrected chi connectivity index (χ0v) is 9.34. The number of aliphatic carboxylic acids is 1. The minimum absolute atomic E-state index is 0.354. The highest BCUT2D eigenvalue weighted by Gasteiger charge is 2.60. The molecule has 0 heterocycles. The minimum Gasteiger partial charge on any atom is -0.481 e. The molecular formula is C12H20O2. The van der Waals surface area contributed by atoms with Gasteiger partial charge in [0.15, 0.2) is 0 Å². The number of carboxylic acid groups (broad SMARTS) is 1. The predicted octanol–water partition coefficient (Wildman–Crippen LogP) is 2.92. The van der Waals surface area contributed by atoms with Gasteiger partial charge in [0.1, 0.15) is 0 Å². The zero-order valence-electron chi connectivity index (χ0n) is 9.34. The summed E-state index contributed by atoms with van der Waals surface area (Å²) in [4.78, 5) is 10.7. The average molecular weight is 196 g/mol. The van der Waals surface area contributed by atoms with E-state index in [4.69, 9.17) is 5.11 Å². The quantitative estimate of drug-likeness (QED) is 0.737. The van der Waals surface area contributed by atoms with Crippen molar-refractivity contribution in [2.24, 2.45) is 22.7 Å². The van der Waals surface area contributed by atoms with E-state index >= 15 is 0 Å². The molecule has 2 rings (SSSR count). The minimum atomic E-state index is -0.623. The average Bonchev–Trinajstić information content (AvgIpc) is 2.31. The number of rotatable bonds is 2. The van der Waals surface area contributed by atoms with Crippen LogP contribution in [-0.4, -0.2) is 11.1 Å². The molecule has 2 fully saturated rings. The Bertz CT molecular complexity index is 267. The van der Waals surface area contributed by atoms with Crippen molar-refractivity contribution in [2.75, 3.05) is 0 Å². The summed E-state index contributed by atoms with van der Waals surface area (Å²) in [5.41, 5.74) is 0.755. The molecule has 0 saturated heterocycles. The van der Waals surface area contributed by atoms with Gasteiger partial charge in [-0.15, -0.1) is 0 Å². The Morgan fingerprint density at radius 3 is 2.43 bits per heavy atom. The van der Waals surface area contributed by atoms with Crippen LogP contribution < -0.4 is 0 Å². The molecule has 0 spiro atoms. The first-order chi connectivity index (χ1) is 6.37. The van der Waals surface area contributed by atoms with Crippen LogP contribution in [-0.2, 0) is 4.79 Å².